The average Bonchev–Trinajstić information content (AvgIpc) is 2.63. The van der Waals surface area contributed by atoms with E-state index < -0.39 is 0 Å². The van der Waals surface area contributed by atoms with Crippen molar-refractivity contribution in [3.8, 4) is 11.5 Å². The van der Waals surface area contributed by atoms with E-state index in [0.717, 1.165) is 49.8 Å². The number of hydrogen-bond acceptors (Lipinski definition) is 4. The van der Waals surface area contributed by atoms with Gasteiger partial charge in [0.1, 0.15) is 18.1 Å². The summed E-state index contributed by atoms with van der Waals surface area (Å²) < 4.78 is 11.5. The van der Waals surface area contributed by atoms with Gasteiger partial charge in [-0.3, -0.25) is 4.90 Å². The minimum absolute atomic E-state index is 0.571. The number of hydrogen-bond donors (Lipinski definition) is 0. The predicted molar refractivity (Wildman–Crippen MR) is 96.5 cm³/mol. The number of likely N-dealkylation sites (N-methyl/N-ethyl adjacent to an activating group) is 1. The highest BCUT2D eigenvalue weighted by atomic mass is 16.5. The molecule has 2 aromatic rings. The Morgan fingerprint density at radius 3 is 2.42 bits per heavy atom. The molecule has 1 saturated heterocycles. The first kappa shape index (κ1) is 16.8. The molecule has 0 atom stereocenters. The third-order valence-corrected chi connectivity index (χ3v) is 4.50. The quantitative estimate of drug-likeness (QED) is 0.815. The first-order chi connectivity index (χ1) is 11.7. The van der Waals surface area contributed by atoms with Crippen LogP contribution in [-0.4, -0.2) is 50.1 Å². The van der Waals surface area contributed by atoms with Crippen LogP contribution in [0.4, 0.5) is 0 Å². The van der Waals surface area contributed by atoms with E-state index in [1.165, 1.54) is 5.56 Å². The molecule has 1 aliphatic rings. The Bertz CT molecular complexity index is 637. The van der Waals surface area contributed by atoms with E-state index in [1.807, 2.05) is 30.3 Å². The summed E-state index contributed by atoms with van der Waals surface area (Å²) in [6.07, 6.45) is 0. The maximum atomic E-state index is 5.89. The summed E-state index contributed by atoms with van der Waals surface area (Å²) in [7, 11) is 3.90. The molecule has 0 radical (unpaired) electrons. The number of nitrogens with zero attached hydrogens (tertiary/aromatic N) is 2. The molecule has 0 aliphatic carbocycles. The second-order valence-electron chi connectivity index (χ2n) is 6.33. The largest absolute Gasteiger partial charge is 0.496 e. The van der Waals surface area contributed by atoms with Crippen molar-refractivity contribution in [3.05, 3.63) is 59.7 Å². The highest BCUT2D eigenvalue weighted by Crippen LogP contribution is 2.26. The molecule has 0 bridgehead atoms. The van der Waals surface area contributed by atoms with Crippen molar-refractivity contribution in [3.63, 3.8) is 0 Å². The van der Waals surface area contributed by atoms with Crippen LogP contribution in [0.25, 0.3) is 0 Å². The van der Waals surface area contributed by atoms with Crippen molar-refractivity contribution in [2.45, 2.75) is 13.2 Å². The van der Waals surface area contributed by atoms with E-state index in [1.54, 1.807) is 7.11 Å². The molecule has 1 aliphatic heterocycles. The lowest BCUT2D eigenvalue weighted by atomic mass is 10.1. The summed E-state index contributed by atoms with van der Waals surface area (Å²) >= 11 is 0. The van der Waals surface area contributed by atoms with Gasteiger partial charge in [-0.25, -0.2) is 0 Å². The summed E-state index contributed by atoms with van der Waals surface area (Å²) in [4.78, 5) is 4.84. The SMILES string of the molecule is COc1cc(OCc2ccccc2)ccc1CN1CCN(C)CC1. The Morgan fingerprint density at radius 2 is 1.71 bits per heavy atom. The van der Waals surface area contributed by atoms with Crippen LogP contribution in [0, 0.1) is 0 Å². The number of benzene rings is 2. The van der Waals surface area contributed by atoms with Crippen LogP contribution in [0.1, 0.15) is 11.1 Å². The van der Waals surface area contributed by atoms with Crippen LogP contribution in [0.15, 0.2) is 48.5 Å². The predicted octanol–water partition coefficient (Wildman–Crippen LogP) is 3.02. The molecule has 1 fully saturated rings. The lowest BCUT2D eigenvalue weighted by Gasteiger charge is -2.32. The highest BCUT2D eigenvalue weighted by Gasteiger charge is 2.16. The van der Waals surface area contributed by atoms with Crippen molar-refractivity contribution < 1.29 is 9.47 Å². The van der Waals surface area contributed by atoms with E-state index in [0.29, 0.717) is 6.61 Å². The van der Waals surface area contributed by atoms with Gasteiger partial charge in [-0.15, -0.1) is 0 Å². The molecule has 0 N–H and O–H groups in total. The molecule has 0 aromatic heterocycles. The maximum Gasteiger partial charge on any atom is 0.127 e. The zero-order valence-corrected chi connectivity index (χ0v) is 14.6. The van der Waals surface area contributed by atoms with Crippen molar-refractivity contribution >= 4 is 0 Å². The van der Waals surface area contributed by atoms with Crippen molar-refractivity contribution in [2.75, 3.05) is 40.3 Å². The zero-order chi connectivity index (χ0) is 16.8. The van der Waals surface area contributed by atoms with Gasteiger partial charge in [-0.2, -0.15) is 0 Å². The molecular formula is C20H26N2O2. The van der Waals surface area contributed by atoms with Crippen molar-refractivity contribution in [1.29, 1.82) is 0 Å². The minimum atomic E-state index is 0.571. The van der Waals surface area contributed by atoms with E-state index in [9.17, 15) is 0 Å². The van der Waals surface area contributed by atoms with E-state index >= 15 is 0 Å². The normalized spacial score (nSPS) is 16.1. The Labute approximate surface area is 144 Å². The van der Waals surface area contributed by atoms with E-state index in [4.69, 9.17) is 9.47 Å². The number of methoxy groups -OCH3 is 1. The number of ether oxygens (including phenoxy) is 2. The fourth-order valence-corrected chi connectivity index (χ4v) is 2.93. The van der Waals surface area contributed by atoms with Gasteiger partial charge in [0.2, 0.25) is 0 Å². The first-order valence-corrected chi connectivity index (χ1v) is 8.49. The average molecular weight is 326 g/mol. The van der Waals surface area contributed by atoms with Crippen molar-refractivity contribution in [1.82, 2.24) is 9.80 Å². The molecule has 1 heterocycles. The smallest absolute Gasteiger partial charge is 0.127 e. The van der Waals surface area contributed by atoms with Crippen LogP contribution in [0.3, 0.4) is 0 Å². The molecule has 4 nitrogen and oxygen atoms in total. The molecule has 4 heteroatoms. The molecular weight excluding hydrogens is 300 g/mol. The summed E-state index contributed by atoms with van der Waals surface area (Å²) in [6, 6.07) is 16.4. The van der Waals surface area contributed by atoms with Crippen molar-refractivity contribution in [2.24, 2.45) is 0 Å². The topological polar surface area (TPSA) is 24.9 Å². The van der Waals surface area contributed by atoms with Crippen LogP contribution < -0.4 is 9.47 Å². The van der Waals surface area contributed by atoms with Gasteiger partial charge >= 0.3 is 0 Å². The lowest BCUT2D eigenvalue weighted by Crippen LogP contribution is -2.43. The molecule has 2 aromatic carbocycles. The van der Waals surface area contributed by atoms with Gasteiger partial charge in [0, 0.05) is 44.4 Å². The molecule has 128 valence electrons. The highest BCUT2D eigenvalue weighted by molar-refractivity contribution is 5.41. The van der Waals surface area contributed by atoms with Crippen LogP contribution in [0.2, 0.25) is 0 Å². The standard InChI is InChI=1S/C20H26N2O2/c1-21-10-12-22(13-11-21)15-18-8-9-19(14-20(18)23-2)24-16-17-6-4-3-5-7-17/h3-9,14H,10-13,15-16H2,1-2H3. The minimum Gasteiger partial charge on any atom is -0.496 e. The maximum absolute atomic E-state index is 5.89. The third-order valence-electron chi connectivity index (χ3n) is 4.50. The zero-order valence-electron chi connectivity index (χ0n) is 14.6. The van der Waals surface area contributed by atoms with Gasteiger partial charge < -0.3 is 14.4 Å². The monoisotopic (exact) mass is 326 g/mol. The van der Waals surface area contributed by atoms with E-state index in [2.05, 4.69) is 35.0 Å². The van der Waals surface area contributed by atoms with Gasteiger partial charge in [0.05, 0.1) is 7.11 Å². The molecule has 0 spiro atoms. The lowest BCUT2D eigenvalue weighted by molar-refractivity contribution is 0.147. The molecule has 0 unspecified atom stereocenters. The molecule has 3 rings (SSSR count). The fraction of sp³-hybridized carbons (Fsp3) is 0.400. The summed E-state index contributed by atoms with van der Waals surface area (Å²) in [6.45, 7) is 5.96. The van der Waals surface area contributed by atoms with E-state index in [-0.39, 0.29) is 0 Å². The third kappa shape index (κ3) is 4.49. The second kappa shape index (κ2) is 8.18. The van der Waals surface area contributed by atoms with Crippen LogP contribution in [-0.2, 0) is 13.2 Å². The number of piperazine rings is 1. The Kier molecular flexibility index (Phi) is 5.72. The second-order valence-corrected chi connectivity index (χ2v) is 6.33. The molecule has 24 heavy (non-hydrogen) atoms. The van der Waals surface area contributed by atoms with Gasteiger partial charge in [-0.1, -0.05) is 36.4 Å². The first-order valence-electron chi connectivity index (χ1n) is 8.49. The summed E-state index contributed by atoms with van der Waals surface area (Å²) in [5, 5.41) is 0. The number of rotatable bonds is 6. The Hall–Kier alpha value is -2.04. The Morgan fingerprint density at radius 1 is 0.958 bits per heavy atom. The van der Waals surface area contributed by atoms with Crippen LogP contribution >= 0.6 is 0 Å². The van der Waals surface area contributed by atoms with Crippen LogP contribution in [0.5, 0.6) is 11.5 Å². The summed E-state index contributed by atoms with van der Waals surface area (Å²) in [5.41, 5.74) is 2.38. The Balaban J connectivity index is 1.62. The fourth-order valence-electron chi connectivity index (χ4n) is 2.93. The van der Waals surface area contributed by atoms with Gasteiger partial charge in [-0.05, 0) is 18.7 Å². The summed E-state index contributed by atoms with van der Waals surface area (Å²) in [5.74, 6) is 1.75. The molecule has 0 saturated carbocycles. The van der Waals surface area contributed by atoms with Gasteiger partial charge in [0.25, 0.3) is 0 Å². The molecule has 0 amide bonds. The van der Waals surface area contributed by atoms with Gasteiger partial charge in [0.15, 0.2) is 0 Å².